The normalized spacial score (nSPS) is 18.8. The van der Waals surface area contributed by atoms with E-state index in [2.05, 4.69) is 49.7 Å². The van der Waals surface area contributed by atoms with Gasteiger partial charge >= 0.3 is 0 Å². The summed E-state index contributed by atoms with van der Waals surface area (Å²) in [4.78, 5) is 16.6. The molecule has 1 fully saturated rings. The molecule has 4 heteroatoms. The summed E-state index contributed by atoms with van der Waals surface area (Å²) in [5.41, 5.74) is 0.284. The molecule has 0 radical (unpaired) electrons. The van der Waals surface area contributed by atoms with Crippen LogP contribution in [0.3, 0.4) is 0 Å². The van der Waals surface area contributed by atoms with Crippen LogP contribution < -0.4 is 5.32 Å². The third kappa shape index (κ3) is 5.49. The van der Waals surface area contributed by atoms with E-state index in [0.717, 1.165) is 32.7 Å². The molecule has 0 unspecified atom stereocenters. The Morgan fingerprint density at radius 3 is 2.26 bits per heavy atom. The molecule has 0 aromatic rings. The standard InChI is InChI=1S/C15H31N3O/c1-6-15(4,5)18-9-7-17(8-10-18)12-14(19)16-11-13(2)3/h13H,6-12H2,1-5H3,(H,16,19). The van der Waals surface area contributed by atoms with Gasteiger partial charge in [-0.15, -0.1) is 0 Å². The van der Waals surface area contributed by atoms with E-state index in [1.54, 1.807) is 0 Å². The highest BCUT2D eigenvalue weighted by atomic mass is 16.2. The molecule has 0 saturated carbocycles. The van der Waals surface area contributed by atoms with Crippen molar-refractivity contribution in [3.8, 4) is 0 Å². The Morgan fingerprint density at radius 1 is 1.21 bits per heavy atom. The molecule has 1 saturated heterocycles. The molecule has 0 atom stereocenters. The second-order valence-electron chi connectivity index (χ2n) is 6.63. The Labute approximate surface area is 118 Å². The van der Waals surface area contributed by atoms with Crippen LogP contribution in [-0.4, -0.2) is 60.5 Å². The van der Waals surface area contributed by atoms with Crippen molar-refractivity contribution in [2.45, 2.75) is 46.6 Å². The van der Waals surface area contributed by atoms with Gasteiger partial charge in [0, 0.05) is 38.3 Å². The van der Waals surface area contributed by atoms with Gasteiger partial charge in [0.1, 0.15) is 0 Å². The molecule has 0 aromatic heterocycles. The molecule has 0 spiro atoms. The number of amides is 1. The van der Waals surface area contributed by atoms with Crippen LogP contribution in [0.25, 0.3) is 0 Å². The third-order valence-corrected chi connectivity index (χ3v) is 4.17. The lowest BCUT2D eigenvalue weighted by Gasteiger charge is -2.43. The summed E-state index contributed by atoms with van der Waals surface area (Å²) < 4.78 is 0. The van der Waals surface area contributed by atoms with Crippen molar-refractivity contribution in [1.82, 2.24) is 15.1 Å². The fourth-order valence-electron chi connectivity index (χ4n) is 2.31. The van der Waals surface area contributed by atoms with Gasteiger partial charge in [-0.25, -0.2) is 0 Å². The van der Waals surface area contributed by atoms with Gasteiger partial charge in [-0.05, 0) is 26.2 Å². The first-order valence-electron chi connectivity index (χ1n) is 7.59. The Balaban J connectivity index is 2.28. The van der Waals surface area contributed by atoms with Crippen LogP contribution in [0.15, 0.2) is 0 Å². The van der Waals surface area contributed by atoms with E-state index < -0.39 is 0 Å². The van der Waals surface area contributed by atoms with Crippen molar-refractivity contribution >= 4 is 5.91 Å². The number of rotatable bonds is 6. The summed E-state index contributed by atoms with van der Waals surface area (Å²) in [6, 6.07) is 0. The number of hydrogen-bond donors (Lipinski definition) is 1. The number of nitrogens with one attached hydrogen (secondary N) is 1. The second kappa shape index (κ2) is 7.25. The van der Waals surface area contributed by atoms with Gasteiger partial charge in [-0.3, -0.25) is 14.6 Å². The molecule has 4 nitrogen and oxygen atoms in total. The predicted molar refractivity (Wildman–Crippen MR) is 80.2 cm³/mol. The number of nitrogens with zero attached hydrogens (tertiary/aromatic N) is 2. The molecule has 19 heavy (non-hydrogen) atoms. The van der Waals surface area contributed by atoms with Crippen molar-refractivity contribution < 1.29 is 4.79 Å². The first-order valence-corrected chi connectivity index (χ1v) is 7.59. The molecule has 1 heterocycles. The van der Waals surface area contributed by atoms with Crippen LogP contribution in [0, 0.1) is 5.92 Å². The number of piperazine rings is 1. The van der Waals surface area contributed by atoms with Gasteiger partial charge in [0.05, 0.1) is 6.54 Å². The van der Waals surface area contributed by atoms with Crippen LogP contribution in [0.4, 0.5) is 0 Å². The molecule has 0 aliphatic carbocycles. The topological polar surface area (TPSA) is 35.6 Å². The Kier molecular flexibility index (Phi) is 6.27. The van der Waals surface area contributed by atoms with Crippen LogP contribution in [0.1, 0.15) is 41.0 Å². The van der Waals surface area contributed by atoms with Gasteiger partial charge in [0.25, 0.3) is 0 Å². The van der Waals surface area contributed by atoms with E-state index in [1.165, 1.54) is 6.42 Å². The number of carbonyl (C=O) groups is 1. The summed E-state index contributed by atoms with van der Waals surface area (Å²) in [6.45, 7) is 16.5. The van der Waals surface area contributed by atoms with Crippen molar-refractivity contribution in [3.63, 3.8) is 0 Å². The lowest BCUT2D eigenvalue weighted by Crippen LogP contribution is -2.55. The molecule has 0 bridgehead atoms. The van der Waals surface area contributed by atoms with E-state index in [0.29, 0.717) is 12.5 Å². The second-order valence-corrected chi connectivity index (χ2v) is 6.63. The zero-order chi connectivity index (χ0) is 14.5. The molecular formula is C15H31N3O. The highest BCUT2D eigenvalue weighted by molar-refractivity contribution is 5.78. The maximum Gasteiger partial charge on any atom is 0.234 e. The molecule has 1 amide bonds. The summed E-state index contributed by atoms with van der Waals surface area (Å²) >= 11 is 0. The fourth-order valence-corrected chi connectivity index (χ4v) is 2.31. The average molecular weight is 269 g/mol. The lowest BCUT2D eigenvalue weighted by atomic mass is 9.98. The van der Waals surface area contributed by atoms with Crippen LogP contribution in [0.5, 0.6) is 0 Å². The molecule has 0 aromatic carbocycles. The summed E-state index contributed by atoms with van der Waals surface area (Å²) in [7, 11) is 0. The minimum Gasteiger partial charge on any atom is -0.355 e. The zero-order valence-corrected chi connectivity index (χ0v) is 13.3. The molecule has 1 aliphatic rings. The smallest absolute Gasteiger partial charge is 0.234 e. The third-order valence-electron chi connectivity index (χ3n) is 4.17. The Hall–Kier alpha value is -0.610. The summed E-state index contributed by atoms with van der Waals surface area (Å²) in [5, 5.41) is 2.99. The van der Waals surface area contributed by atoms with Gasteiger partial charge in [-0.1, -0.05) is 20.8 Å². The number of carbonyl (C=O) groups excluding carboxylic acids is 1. The van der Waals surface area contributed by atoms with Crippen LogP contribution in [0.2, 0.25) is 0 Å². The minimum absolute atomic E-state index is 0.164. The predicted octanol–water partition coefficient (Wildman–Crippen LogP) is 1.56. The molecule has 112 valence electrons. The summed E-state index contributed by atoms with van der Waals surface area (Å²) in [5.74, 6) is 0.683. The monoisotopic (exact) mass is 269 g/mol. The quantitative estimate of drug-likeness (QED) is 0.795. The van der Waals surface area contributed by atoms with E-state index in [-0.39, 0.29) is 11.4 Å². The Morgan fingerprint density at radius 2 is 1.79 bits per heavy atom. The van der Waals surface area contributed by atoms with Gasteiger partial charge in [0.15, 0.2) is 0 Å². The van der Waals surface area contributed by atoms with E-state index in [1.807, 2.05) is 0 Å². The molecule has 1 aliphatic heterocycles. The van der Waals surface area contributed by atoms with Crippen LogP contribution in [-0.2, 0) is 4.79 Å². The van der Waals surface area contributed by atoms with E-state index in [4.69, 9.17) is 0 Å². The zero-order valence-electron chi connectivity index (χ0n) is 13.3. The molecular weight excluding hydrogens is 238 g/mol. The van der Waals surface area contributed by atoms with E-state index in [9.17, 15) is 4.79 Å². The van der Waals surface area contributed by atoms with E-state index >= 15 is 0 Å². The van der Waals surface area contributed by atoms with Gasteiger partial charge in [-0.2, -0.15) is 0 Å². The maximum atomic E-state index is 11.8. The highest BCUT2D eigenvalue weighted by Gasteiger charge is 2.28. The van der Waals surface area contributed by atoms with Gasteiger partial charge < -0.3 is 5.32 Å². The first-order chi connectivity index (χ1) is 8.85. The number of hydrogen-bond acceptors (Lipinski definition) is 3. The largest absolute Gasteiger partial charge is 0.355 e. The van der Waals surface area contributed by atoms with Crippen molar-refractivity contribution in [1.29, 1.82) is 0 Å². The van der Waals surface area contributed by atoms with Gasteiger partial charge in [0.2, 0.25) is 5.91 Å². The van der Waals surface area contributed by atoms with Crippen LogP contribution >= 0.6 is 0 Å². The molecule has 1 N–H and O–H groups in total. The Bertz CT molecular complexity index is 281. The summed E-state index contributed by atoms with van der Waals surface area (Å²) in [6.07, 6.45) is 1.17. The van der Waals surface area contributed by atoms with Crippen molar-refractivity contribution in [2.75, 3.05) is 39.3 Å². The SMILES string of the molecule is CCC(C)(C)N1CCN(CC(=O)NCC(C)C)CC1. The average Bonchev–Trinajstić information content (AvgIpc) is 2.37. The first kappa shape index (κ1) is 16.4. The maximum absolute atomic E-state index is 11.8. The molecule has 1 rings (SSSR count). The van der Waals surface area contributed by atoms with Crippen molar-refractivity contribution in [3.05, 3.63) is 0 Å². The van der Waals surface area contributed by atoms with Crippen molar-refractivity contribution in [2.24, 2.45) is 5.92 Å². The fraction of sp³-hybridized carbons (Fsp3) is 0.933. The lowest BCUT2D eigenvalue weighted by molar-refractivity contribution is -0.123. The highest BCUT2D eigenvalue weighted by Crippen LogP contribution is 2.19. The minimum atomic E-state index is 0.164.